The zero-order valence-corrected chi connectivity index (χ0v) is 25.0. The van der Waals surface area contributed by atoms with Gasteiger partial charge in [-0.2, -0.15) is 26.3 Å². The maximum absolute atomic E-state index is 13.3. The lowest BCUT2D eigenvalue weighted by atomic mass is 9.55. The Bertz CT molecular complexity index is 1050. The van der Waals surface area contributed by atoms with Gasteiger partial charge in [-0.1, -0.05) is 49.5 Å². The van der Waals surface area contributed by atoms with Gasteiger partial charge in [0.1, 0.15) is 0 Å². The normalized spacial score (nSPS) is 31.8. The largest absolute Gasteiger partial charge is 0.438 e. The second kappa shape index (κ2) is 12.5. The third kappa shape index (κ3) is 7.75. The summed E-state index contributed by atoms with van der Waals surface area (Å²) < 4.78 is 79.7. The van der Waals surface area contributed by atoms with Gasteiger partial charge < -0.3 is 20.4 Å². The SMILES string of the molecule is CC(C)(O)CCCC(C)(CC#CC(O)(C(F)(F)F)C(F)(F)F)C1CCC2C(=CC=C3C[C@@H](O)C[C@H](O)C3)CCC[C@@]21C. The molecule has 0 radical (unpaired) electrons. The maximum Gasteiger partial charge on any atom is 0.438 e. The van der Waals surface area contributed by atoms with E-state index >= 15 is 0 Å². The Hall–Kier alpha value is -1.54. The highest BCUT2D eigenvalue weighted by Crippen LogP contribution is 2.63. The van der Waals surface area contributed by atoms with Crippen LogP contribution in [0.1, 0.15) is 105 Å². The molecule has 4 nitrogen and oxygen atoms in total. The number of aliphatic hydroxyl groups excluding tert-OH is 2. The Morgan fingerprint density at radius 2 is 1.50 bits per heavy atom. The van der Waals surface area contributed by atoms with Gasteiger partial charge in [0.15, 0.2) is 0 Å². The molecule has 0 bridgehead atoms. The van der Waals surface area contributed by atoms with Crippen LogP contribution in [0.2, 0.25) is 0 Å². The summed E-state index contributed by atoms with van der Waals surface area (Å²) in [4.78, 5) is 0. The van der Waals surface area contributed by atoms with Crippen LogP contribution in [0.5, 0.6) is 0 Å². The Balaban J connectivity index is 1.93. The lowest BCUT2D eigenvalue weighted by Gasteiger charge is -2.49. The van der Waals surface area contributed by atoms with Crippen molar-refractivity contribution in [2.75, 3.05) is 0 Å². The molecule has 42 heavy (non-hydrogen) atoms. The monoisotopic (exact) mass is 608 g/mol. The van der Waals surface area contributed by atoms with E-state index in [0.717, 1.165) is 37.7 Å². The molecule has 3 unspecified atom stereocenters. The molecule has 0 heterocycles. The van der Waals surface area contributed by atoms with Crippen molar-refractivity contribution in [3.05, 3.63) is 23.3 Å². The molecule has 0 spiro atoms. The van der Waals surface area contributed by atoms with Gasteiger partial charge >= 0.3 is 18.0 Å². The number of hydrogen-bond acceptors (Lipinski definition) is 4. The fourth-order valence-electron chi connectivity index (χ4n) is 7.90. The van der Waals surface area contributed by atoms with Crippen LogP contribution in [-0.4, -0.2) is 56.2 Å². The molecule has 3 aliphatic carbocycles. The van der Waals surface area contributed by atoms with E-state index in [9.17, 15) is 46.8 Å². The lowest BCUT2D eigenvalue weighted by Crippen LogP contribution is -2.55. The Morgan fingerprint density at radius 1 is 0.905 bits per heavy atom. The first-order valence-corrected chi connectivity index (χ1v) is 14.9. The summed E-state index contributed by atoms with van der Waals surface area (Å²) in [5, 5.41) is 39.9. The van der Waals surface area contributed by atoms with Crippen molar-refractivity contribution in [1.29, 1.82) is 0 Å². The van der Waals surface area contributed by atoms with Crippen molar-refractivity contribution >= 4 is 0 Å². The summed E-state index contributed by atoms with van der Waals surface area (Å²) in [6.07, 6.45) is -2.41. The second-order valence-corrected chi connectivity index (χ2v) is 14.1. The standard InChI is InChI=1S/C32H46F6O4/c1-27(2,41)13-6-14-28(3,15-7-17-30(42,31(33,34)35)32(36,37)38)26-12-11-25-22(8-5-16-29(25,26)4)10-9-21-18-23(39)20-24(40)19-21/h9-10,23-26,39-42H,5-6,8,11-16,18-20H2,1-4H3/t23-,24-,25?,26?,28?,29+/m1/s1. The van der Waals surface area contributed by atoms with Crippen molar-refractivity contribution in [3.8, 4) is 11.8 Å². The predicted octanol–water partition coefficient (Wildman–Crippen LogP) is 7.16. The molecule has 10 heteroatoms. The zero-order valence-electron chi connectivity index (χ0n) is 25.0. The minimum atomic E-state index is -6.00. The highest BCUT2D eigenvalue weighted by molar-refractivity contribution is 5.27. The number of alkyl halides is 6. The molecule has 0 amide bonds. The maximum atomic E-state index is 13.3. The first-order valence-electron chi connectivity index (χ1n) is 14.9. The van der Waals surface area contributed by atoms with Crippen molar-refractivity contribution in [3.63, 3.8) is 0 Å². The minimum Gasteiger partial charge on any atom is -0.393 e. The van der Waals surface area contributed by atoms with Crippen LogP contribution in [0.3, 0.4) is 0 Å². The van der Waals surface area contributed by atoms with Crippen LogP contribution >= 0.6 is 0 Å². The van der Waals surface area contributed by atoms with Gasteiger partial charge in [-0.3, -0.25) is 0 Å². The van der Waals surface area contributed by atoms with Crippen molar-refractivity contribution in [2.45, 2.75) is 141 Å². The molecular weight excluding hydrogens is 562 g/mol. The van der Waals surface area contributed by atoms with Gasteiger partial charge in [0, 0.05) is 6.42 Å². The molecule has 0 aliphatic heterocycles. The second-order valence-electron chi connectivity index (χ2n) is 14.1. The first-order chi connectivity index (χ1) is 19.1. The zero-order chi connectivity index (χ0) is 31.8. The van der Waals surface area contributed by atoms with Crippen LogP contribution in [0.15, 0.2) is 23.3 Å². The summed E-state index contributed by atoms with van der Waals surface area (Å²) in [7, 11) is 0. The molecule has 3 fully saturated rings. The molecule has 3 saturated carbocycles. The number of rotatable bonds is 7. The lowest BCUT2D eigenvalue weighted by molar-refractivity contribution is -0.343. The molecule has 0 aromatic carbocycles. The third-order valence-corrected chi connectivity index (χ3v) is 10.00. The fourth-order valence-corrected chi connectivity index (χ4v) is 7.90. The van der Waals surface area contributed by atoms with E-state index in [1.54, 1.807) is 13.8 Å². The van der Waals surface area contributed by atoms with Crippen LogP contribution < -0.4 is 0 Å². The van der Waals surface area contributed by atoms with E-state index in [1.165, 1.54) is 11.5 Å². The smallest absolute Gasteiger partial charge is 0.393 e. The molecule has 0 aromatic rings. The topological polar surface area (TPSA) is 80.9 Å². The average molecular weight is 609 g/mol. The molecular formula is C32H46F6O4. The molecule has 4 N–H and O–H groups in total. The minimum absolute atomic E-state index is 0.0503. The van der Waals surface area contributed by atoms with Gasteiger partial charge in [0.2, 0.25) is 0 Å². The Labute approximate surface area is 245 Å². The number of aliphatic hydroxyl groups is 4. The van der Waals surface area contributed by atoms with Gasteiger partial charge in [0.25, 0.3) is 0 Å². The highest BCUT2D eigenvalue weighted by Gasteiger charge is 2.70. The summed E-state index contributed by atoms with van der Waals surface area (Å²) in [5.41, 5.74) is -4.88. The van der Waals surface area contributed by atoms with Gasteiger partial charge in [-0.25, -0.2) is 0 Å². The van der Waals surface area contributed by atoms with E-state index in [4.69, 9.17) is 0 Å². The molecule has 3 rings (SSSR count). The summed E-state index contributed by atoms with van der Waals surface area (Å²) in [6, 6.07) is 0. The first kappa shape index (κ1) is 34.9. The third-order valence-electron chi connectivity index (χ3n) is 10.00. The van der Waals surface area contributed by atoms with Gasteiger partial charge in [-0.15, -0.1) is 0 Å². The number of allylic oxidation sites excluding steroid dienone is 3. The van der Waals surface area contributed by atoms with Crippen LogP contribution in [0.4, 0.5) is 26.3 Å². The van der Waals surface area contributed by atoms with Gasteiger partial charge in [-0.05, 0) is 107 Å². The molecule has 0 aromatic heterocycles. The van der Waals surface area contributed by atoms with E-state index in [1.807, 2.05) is 13.0 Å². The van der Waals surface area contributed by atoms with E-state index < -0.39 is 41.2 Å². The van der Waals surface area contributed by atoms with E-state index in [-0.39, 0.29) is 23.7 Å². The molecule has 6 atom stereocenters. The number of hydrogen-bond donors (Lipinski definition) is 4. The number of fused-ring (bicyclic) bond motifs is 1. The highest BCUT2D eigenvalue weighted by atomic mass is 19.4. The number of halogens is 6. The summed E-state index contributed by atoms with van der Waals surface area (Å²) >= 11 is 0. The summed E-state index contributed by atoms with van der Waals surface area (Å²) in [5.74, 6) is 3.42. The van der Waals surface area contributed by atoms with E-state index in [0.29, 0.717) is 38.5 Å². The van der Waals surface area contributed by atoms with Crippen molar-refractivity contribution in [1.82, 2.24) is 0 Å². The predicted molar refractivity (Wildman–Crippen MR) is 148 cm³/mol. The fraction of sp³-hybridized carbons (Fsp3) is 0.812. The van der Waals surface area contributed by atoms with Crippen LogP contribution in [0.25, 0.3) is 0 Å². The Morgan fingerprint density at radius 3 is 2.05 bits per heavy atom. The van der Waals surface area contributed by atoms with Crippen molar-refractivity contribution in [2.24, 2.45) is 22.7 Å². The molecule has 3 aliphatic rings. The van der Waals surface area contributed by atoms with Crippen LogP contribution in [-0.2, 0) is 0 Å². The molecule has 0 saturated heterocycles. The quantitative estimate of drug-likeness (QED) is 0.183. The van der Waals surface area contributed by atoms with Crippen molar-refractivity contribution < 1.29 is 46.8 Å². The van der Waals surface area contributed by atoms with Crippen LogP contribution in [0, 0.1) is 34.5 Å². The summed E-state index contributed by atoms with van der Waals surface area (Å²) in [6.45, 7) is 7.34. The van der Waals surface area contributed by atoms with Gasteiger partial charge in [0.05, 0.1) is 17.8 Å². The van der Waals surface area contributed by atoms with E-state index in [2.05, 4.69) is 18.9 Å². The Kier molecular flexibility index (Phi) is 10.4. The average Bonchev–Trinajstić information content (AvgIpc) is 3.18. The molecule has 240 valence electrons.